The first-order valence-corrected chi connectivity index (χ1v) is 10.8. The third-order valence-corrected chi connectivity index (χ3v) is 7.37. The van der Waals surface area contributed by atoms with Gasteiger partial charge in [0, 0.05) is 33.7 Å². The Hall–Kier alpha value is -1.58. The second kappa shape index (κ2) is 6.54. The summed E-state index contributed by atoms with van der Waals surface area (Å²) in [4.78, 5) is 0. The molecule has 5 rings (SSSR count). The molecular formula is C22H22ClNOS. The van der Waals surface area contributed by atoms with Crippen molar-refractivity contribution < 1.29 is 4.74 Å². The van der Waals surface area contributed by atoms with E-state index in [9.17, 15) is 0 Å². The molecule has 1 aliphatic carbocycles. The topological polar surface area (TPSA) is 21.3 Å². The van der Waals surface area contributed by atoms with Gasteiger partial charge in [-0.05, 0) is 48.6 Å². The minimum atomic E-state index is 0.299. The van der Waals surface area contributed by atoms with Gasteiger partial charge in [0.05, 0.1) is 6.04 Å². The number of hydrogen-bond acceptors (Lipinski definition) is 3. The summed E-state index contributed by atoms with van der Waals surface area (Å²) in [6.07, 6.45) is 6.13. The van der Waals surface area contributed by atoms with Gasteiger partial charge >= 0.3 is 0 Å². The van der Waals surface area contributed by atoms with Gasteiger partial charge in [-0.2, -0.15) is 11.8 Å². The summed E-state index contributed by atoms with van der Waals surface area (Å²) in [6, 6.07) is 13.1. The maximum Gasteiger partial charge on any atom is 0.119 e. The highest BCUT2D eigenvalue weighted by Crippen LogP contribution is 2.52. The molecule has 0 bridgehead atoms. The zero-order valence-electron chi connectivity index (χ0n) is 14.7. The molecule has 2 aliphatic heterocycles. The van der Waals surface area contributed by atoms with Crippen LogP contribution < -0.4 is 10.1 Å². The third kappa shape index (κ3) is 2.73. The van der Waals surface area contributed by atoms with Crippen LogP contribution in [0.4, 0.5) is 5.69 Å². The first-order valence-electron chi connectivity index (χ1n) is 9.27. The van der Waals surface area contributed by atoms with Crippen LogP contribution in [-0.2, 0) is 0 Å². The molecule has 4 heteroatoms. The summed E-state index contributed by atoms with van der Waals surface area (Å²) in [6.45, 7) is 2.16. The molecule has 0 saturated carbocycles. The monoisotopic (exact) mass is 383 g/mol. The van der Waals surface area contributed by atoms with Gasteiger partial charge in [-0.15, -0.1) is 0 Å². The smallest absolute Gasteiger partial charge is 0.119 e. The predicted octanol–water partition coefficient (Wildman–Crippen LogP) is 5.97. The Morgan fingerprint density at radius 1 is 1.12 bits per heavy atom. The molecule has 2 nitrogen and oxygen atoms in total. The molecule has 3 atom stereocenters. The lowest BCUT2D eigenvalue weighted by Crippen LogP contribution is -2.31. The van der Waals surface area contributed by atoms with Crippen LogP contribution >= 0.6 is 23.4 Å². The maximum atomic E-state index is 6.57. The Morgan fingerprint density at radius 2 is 1.92 bits per heavy atom. The van der Waals surface area contributed by atoms with E-state index in [1.165, 1.54) is 22.4 Å². The van der Waals surface area contributed by atoms with Gasteiger partial charge in [0.2, 0.25) is 0 Å². The summed E-state index contributed by atoms with van der Waals surface area (Å²) in [5.74, 6) is 4.11. The van der Waals surface area contributed by atoms with Gasteiger partial charge in [-0.3, -0.25) is 0 Å². The molecule has 134 valence electrons. The Morgan fingerprint density at radius 3 is 2.65 bits per heavy atom. The molecule has 26 heavy (non-hydrogen) atoms. The van der Waals surface area contributed by atoms with Crippen LogP contribution in [-0.4, -0.2) is 17.6 Å². The second-order valence-electron chi connectivity index (χ2n) is 7.47. The van der Waals surface area contributed by atoms with Gasteiger partial charge in [-0.25, -0.2) is 0 Å². The van der Waals surface area contributed by atoms with Crippen molar-refractivity contribution in [3.8, 4) is 5.75 Å². The molecule has 2 unspecified atom stereocenters. The number of nitrogens with one attached hydrogen (secondary N) is 1. The molecular weight excluding hydrogens is 362 g/mol. The van der Waals surface area contributed by atoms with Crippen molar-refractivity contribution in [1.29, 1.82) is 0 Å². The zero-order valence-corrected chi connectivity index (χ0v) is 16.3. The standard InChI is InChI=1S/C22H22ClNOS/c1-13-5-10-19(23)20-17-3-2-4-18(17)22(24-21(13)20)14-6-8-15(9-7-14)25-16-11-26-12-16/h2-3,5-10,16-18,22,24H,4,11-12H2,1H3/t17?,18?,22-/m1/s1. The summed E-state index contributed by atoms with van der Waals surface area (Å²) in [5, 5.41) is 4.68. The lowest BCUT2D eigenvalue weighted by molar-refractivity contribution is 0.240. The lowest BCUT2D eigenvalue weighted by Gasteiger charge is -2.39. The second-order valence-corrected chi connectivity index (χ2v) is 8.96. The van der Waals surface area contributed by atoms with E-state index in [4.69, 9.17) is 16.3 Å². The first-order chi connectivity index (χ1) is 12.7. The van der Waals surface area contributed by atoms with Crippen LogP contribution in [0.15, 0.2) is 48.6 Å². The molecule has 2 aromatic rings. The number of hydrogen-bond donors (Lipinski definition) is 1. The number of ether oxygens (including phenoxy) is 1. The average molecular weight is 384 g/mol. The molecule has 2 aromatic carbocycles. The molecule has 1 fully saturated rings. The molecule has 0 aromatic heterocycles. The van der Waals surface area contributed by atoms with Crippen molar-refractivity contribution >= 4 is 29.1 Å². The highest BCUT2D eigenvalue weighted by molar-refractivity contribution is 8.00. The van der Waals surface area contributed by atoms with Crippen LogP contribution in [0.1, 0.15) is 35.1 Å². The van der Waals surface area contributed by atoms with Crippen molar-refractivity contribution in [1.82, 2.24) is 0 Å². The molecule has 1 N–H and O–H groups in total. The van der Waals surface area contributed by atoms with Gasteiger partial charge in [0.1, 0.15) is 11.9 Å². The lowest BCUT2D eigenvalue weighted by atomic mass is 9.76. The number of anilines is 1. The van der Waals surface area contributed by atoms with Gasteiger partial charge in [-0.1, -0.05) is 42.0 Å². The van der Waals surface area contributed by atoms with Gasteiger partial charge < -0.3 is 10.1 Å². The van der Waals surface area contributed by atoms with E-state index in [-0.39, 0.29) is 0 Å². The first kappa shape index (κ1) is 16.6. The number of halogens is 1. The van der Waals surface area contributed by atoms with Crippen molar-refractivity contribution in [2.45, 2.75) is 31.4 Å². The summed E-state index contributed by atoms with van der Waals surface area (Å²) < 4.78 is 6.00. The van der Waals surface area contributed by atoms with Crippen molar-refractivity contribution in [3.63, 3.8) is 0 Å². The van der Waals surface area contributed by atoms with Crippen LogP contribution in [0.25, 0.3) is 0 Å². The zero-order chi connectivity index (χ0) is 17.7. The highest BCUT2D eigenvalue weighted by Gasteiger charge is 2.39. The summed E-state index contributed by atoms with van der Waals surface area (Å²) in [5.41, 5.74) is 5.06. The number of aryl methyl sites for hydroxylation is 1. The molecule has 3 aliphatic rings. The number of thioether (sulfide) groups is 1. The van der Waals surface area contributed by atoms with Crippen LogP contribution in [0.2, 0.25) is 5.02 Å². The van der Waals surface area contributed by atoms with Crippen LogP contribution in [0.3, 0.4) is 0 Å². The molecule has 0 spiro atoms. The number of allylic oxidation sites excluding steroid dienone is 2. The van der Waals surface area contributed by atoms with E-state index in [0.29, 0.717) is 24.0 Å². The molecule has 1 saturated heterocycles. The third-order valence-electron chi connectivity index (χ3n) is 5.82. The van der Waals surface area contributed by atoms with Crippen molar-refractivity contribution in [3.05, 3.63) is 70.3 Å². The van der Waals surface area contributed by atoms with Crippen molar-refractivity contribution in [2.75, 3.05) is 16.8 Å². The Bertz CT molecular complexity index is 859. The van der Waals surface area contributed by atoms with E-state index < -0.39 is 0 Å². The minimum Gasteiger partial charge on any atom is -0.489 e. The van der Waals surface area contributed by atoms with E-state index in [1.54, 1.807) is 0 Å². The predicted molar refractivity (Wildman–Crippen MR) is 111 cm³/mol. The van der Waals surface area contributed by atoms with Crippen LogP contribution in [0.5, 0.6) is 5.75 Å². The maximum absolute atomic E-state index is 6.57. The quantitative estimate of drug-likeness (QED) is 0.660. The fraction of sp³-hybridized carbons (Fsp3) is 0.364. The Kier molecular flexibility index (Phi) is 4.17. The summed E-state index contributed by atoms with van der Waals surface area (Å²) in [7, 11) is 0. The van der Waals surface area contributed by atoms with Gasteiger partial charge in [0.15, 0.2) is 0 Å². The molecule has 2 heterocycles. The average Bonchev–Trinajstić information content (AvgIpc) is 3.10. The van der Waals surface area contributed by atoms with Gasteiger partial charge in [0.25, 0.3) is 0 Å². The molecule has 0 amide bonds. The van der Waals surface area contributed by atoms with E-state index in [0.717, 1.165) is 28.7 Å². The number of benzene rings is 2. The number of rotatable bonds is 3. The normalized spacial score (nSPS) is 26.6. The largest absolute Gasteiger partial charge is 0.489 e. The minimum absolute atomic E-state index is 0.299. The fourth-order valence-electron chi connectivity index (χ4n) is 4.37. The highest BCUT2D eigenvalue weighted by atomic mass is 35.5. The Balaban J connectivity index is 1.46. The Labute approximate surface area is 164 Å². The summed E-state index contributed by atoms with van der Waals surface area (Å²) >= 11 is 8.51. The van der Waals surface area contributed by atoms with Crippen LogP contribution in [0, 0.1) is 12.8 Å². The SMILES string of the molecule is Cc1ccc(Cl)c2c1N[C@H](c1ccc(OC3CSC3)cc1)C1CC=CC21. The van der Waals surface area contributed by atoms with E-state index in [2.05, 4.69) is 54.7 Å². The van der Waals surface area contributed by atoms with E-state index >= 15 is 0 Å². The fourth-order valence-corrected chi connectivity index (χ4v) is 5.22. The van der Waals surface area contributed by atoms with E-state index in [1.807, 2.05) is 17.8 Å². The molecule has 0 radical (unpaired) electrons. The van der Waals surface area contributed by atoms with Crippen molar-refractivity contribution in [2.24, 2.45) is 5.92 Å². The number of fused-ring (bicyclic) bond motifs is 3.